The van der Waals surface area contributed by atoms with E-state index < -0.39 is 0 Å². The van der Waals surface area contributed by atoms with Gasteiger partial charge in [-0.05, 0) is 31.5 Å². The number of alkyl halides is 1. The monoisotopic (exact) mass is 344 g/mol. The predicted molar refractivity (Wildman–Crippen MR) is 87.8 cm³/mol. The molecule has 1 aliphatic rings. The van der Waals surface area contributed by atoms with Crippen LogP contribution in [-0.2, 0) is 0 Å². The zero-order chi connectivity index (χ0) is 13.5. The number of hydrogen-bond donors (Lipinski definition) is 0. The number of nitrogens with zero attached hydrogens (tertiary/aromatic N) is 2. The molecule has 0 amide bonds. The highest BCUT2D eigenvalue weighted by atomic mass is 79.9. The lowest BCUT2D eigenvalue weighted by atomic mass is 10.2. The lowest BCUT2D eigenvalue weighted by Gasteiger charge is -2.36. The first-order valence-electron chi connectivity index (χ1n) is 7.09. The largest absolute Gasteiger partial charge is 0.368 e. The molecule has 2 nitrogen and oxygen atoms in total. The van der Waals surface area contributed by atoms with Crippen LogP contribution in [0.3, 0.4) is 0 Å². The first kappa shape index (κ1) is 15.1. The molecule has 2 rings (SSSR count). The summed E-state index contributed by atoms with van der Waals surface area (Å²) in [6.45, 7) is 5.72. The lowest BCUT2D eigenvalue weighted by Crippen LogP contribution is -2.46. The molecular formula is C15H22BrClN2. The minimum atomic E-state index is 0.869. The molecule has 1 fully saturated rings. The van der Waals surface area contributed by atoms with Gasteiger partial charge in [-0.2, -0.15) is 0 Å². The Kier molecular flexibility index (Phi) is 6.48. The molecule has 1 aromatic carbocycles. The average Bonchev–Trinajstić information content (AvgIpc) is 2.45. The van der Waals surface area contributed by atoms with Gasteiger partial charge in [0, 0.05) is 31.5 Å². The summed E-state index contributed by atoms with van der Waals surface area (Å²) in [6.07, 6.45) is 3.94. The third kappa shape index (κ3) is 4.66. The molecule has 1 aromatic rings. The van der Waals surface area contributed by atoms with E-state index in [1.807, 2.05) is 12.1 Å². The van der Waals surface area contributed by atoms with E-state index in [-0.39, 0.29) is 0 Å². The summed E-state index contributed by atoms with van der Waals surface area (Å²) in [7, 11) is 0. The molecule has 0 N–H and O–H groups in total. The lowest BCUT2D eigenvalue weighted by molar-refractivity contribution is 0.253. The number of anilines is 1. The Balaban J connectivity index is 1.75. The fourth-order valence-corrected chi connectivity index (χ4v) is 3.18. The zero-order valence-electron chi connectivity index (χ0n) is 11.3. The van der Waals surface area contributed by atoms with Crippen LogP contribution < -0.4 is 4.90 Å². The molecule has 1 aliphatic heterocycles. The second kappa shape index (κ2) is 8.13. The number of benzene rings is 1. The van der Waals surface area contributed by atoms with Crippen molar-refractivity contribution in [1.82, 2.24) is 4.90 Å². The van der Waals surface area contributed by atoms with E-state index in [1.165, 1.54) is 31.5 Å². The molecule has 1 saturated heterocycles. The number of unbranched alkanes of at least 4 members (excludes halogenated alkanes) is 2. The maximum atomic E-state index is 6.25. The number of rotatable bonds is 6. The highest BCUT2D eigenvalue weighted by molar-refractivity contribution is 9.09. The first-order valence-corrected chi connectivity index (χ1v) is 8.59. The van der Waals surface area contributed by atoms with Gasteiger partial charge in [-0.3, -0.25) is 4.90 Å². The predicted octanol–water partition coefficient (Wildman–Crippen LogP) is 4.03. The summed E-state index contributed by atoms with van der Waals surface area (Å²) < 4.78 is 0. The topological polar surface area (TPSA) is 6.48 Å². The van der Waals surface area contributed by atoms with Crippen LogP contribution in [0.25, 0.3) is 0 Å². The van der Waals surface area contributed by atoms with Gasteiger partial charge in [0.15, 0.2) is 0 Å². The minimum Gasteiger partial charge on any atom is -0.368 e. The van der Waals surface area contributed by atoms with E-state index in [2.05, 4.69) is 37.9 Å². The maximum absolute atomic E-state index is 6.25. The highest BCUT2D eigenvalue weighted by Crippen LogP contribution is 2.25. The Hall–Kier alpha value is -0.250. The Labute approximate surface area is 129 Å². The second-order valence-corrected chi connectivity index (χ2v) is 6.23. The number of halogens is 2. The van der Waals surface area contributed by atoms with Gasteiger partial charge in [-0.25, -0.2) is 0 Å². The van der Waals surface area contributed by atoms with Gasteiger partial charge >= 0.3 is 0 Å². The van der Waals surface area contributed by atoms with Gasteiger partial charge in [-0.15, -0.1) is 0 Å². The van der Waals surface area contributed by atoms with Gasteiger partial charge in [0.25, 0.3) is 0 Å². The van der Waals surface area contributed by atoms with E-state index in [0.29, 0.717) is 0 Å². The van der Waals surface area contributed by atoms with E-state index in [4.69, 9.17) is 11.6 Å². The molecule has 106 valence electrons. The van der Waals surface area contributed by atoms with Crippen LogP contribution in [0.4, 0.5) is 5.69 Å². The first-order chi connectivity index (χ1) is 9.31. The Morgan fingerprint density at radius 2 is 1.74 bits per heavy atom. The Morgan fingerprint density at radius 3 is 2.42 bits per heavy atom. The Morgan fingerprint density at radius 1 is 1.00 bits per heavy atom. The van der Waals surface area contributed by atoms with Crippen LogP contribution in [0.5, 0.6) is 0 Å². The molecule has 0 saturated carbocycles. The summed E-state index contributed by atoms with van der Waals surface area (Å²) in [5, 5.41) is 2.00. The average molecular weight is 346 g/mol. The van der Waals surface area contributed by atoms with Crippen molar-refractivity contribution in [3.05, 3.63) is 29.3 Å². The molecule has 0 aliphatic carbocycles. The third-order valence-electron chi connectivity index (χ3n) is 3.67. The quantitative estimate of drug-likeness (QED) is 0.567. The van der Waals surface area contributed by atoms with Gasteiger partial charge < -0.3 is 4.90 Å². The SMILES string of the molecule is Clc1ccccc1N1CCN(CCCCCBr)CC1. The number of piperazine rings is 1. The zero-order valence-corrected chi connectivity index (χ0v) is 13.7. The molecule has 0 unspecified atom stereocenters. The summed E-state index contributed by atoms with van der Waals surface area (Å²) in [5.41, 5.74) is 1.18. The van der Waals surface area contributed by atoms with Crippen molar-refractivity contribution >= 4 is 33.2 Å². The molecule has 4 heteroatoms. The molecule has 0 bridgehead atoms. The fraction of sp³-hybridized carbons (Fsp3) is 0.600. The summed E-state index contributed by atoms with van der Waals surface area (Å²) in [4.78, 5) is 4.97. The fourth-order valence-electron chi connectivity index (χ4n) is 2.53. The molecule has 0 aromatic heterocycles. The van der Waals surface area contributed by atoms with Gasteiger partial charge in [0.2, 0.25) is 0 Å². The van der Waals surface area contributed by atoms with Crippen molar-refractivity contribution in [2.75, 3.05) is 43.0 Å². The van der Waals surface area contributed by atoms with Crippen molar-refractivity contribution in [3.8, 4) is 0 Å². The van der Waals surface area contributed by atoms with Crippen LogP contribution in [0.15, 0.2) is 24.3 Å². The summed E-state index contributed by atoms with van der Waals surface area (Å²) in [5.74, 6) is 0. The van der Waals surface area contributed by atoms with Crippen molar-refractivity contribution in [2.45, 2.75) is 19.3 Å². The standard InChI is InChI=1S/C15H22BrClN2/c16-8-4-1-5-9-18-10-12-19(13-11-18)15-7-3-2-6-14(15)17/h2-3,6-7H,1,4-5,8-13H2. The van der Waals surface area contributed by atoms with Crippen molar-refractivity contribution in [1.29, 1.82) is 0 Å². The van der Waals surface area contributed by atoms with E-state index in [9.17, 15) is 0 Å². The van der Waals surface area contributed by atoms with E-state index in [1.54, 1.807) is 0 Å². The van der Waals surface area contributed by atoms with E-state index >= 15 is 0 Å². The van der Waals surface area contributed by atoms with Crippen LogP contribution in [-0.4, -0.2) is 43.0 Å². The third-order valence-corrected chi connectivity index (χ3v) is 4.55. The summed E-state index contributed by atoms with van der Waals surface area (Å²) in [6, 6.07) is 8.15. The number of para-hydroxylation sites is 1. The highest BCUT2D eigenvalue weighted by Gasteiger charge is 2.17. The van der Waals surface area contributed by atoms with Crippen LogP contribution in [0.2, 0.25) is 5.02 Å². The van der Waals surface area contributed by atoms with Crippen LogP contribution in [0, 0.1) is 0 Å². The van der Waals surface area contributed by atoms with Gasteiger partial charge in [-0.1, -0.05) is 46.1 Å². The van der Waals surface area contributed by atoms with Crippen molar-refractivity contribution < 1.29 is 0 Å². The van der Waals surface area contributed by atoms with Gasteiger partial charge in [0.05, 0.1) is 10.7 Å². The normalized spacial score (nSPS) is 16.8. The molecule has 0 radical (unpaired) electrons. The Bertz CT molecular complexity index is 378. The van der Waals surface area contributed by atoms with Gasteiger partial charge in [0.1, 0.15) is 0 Å². The van der Waals surface area contributed by atoms with E-state index in [0.717, 1.165) is 36.5 Å². The van der Waals surface area contributed by atoms with Crippen LogP contribution in [0.1, 0.15) is 19.3 Å². The van der Waals surface area contributed by atoms with Crippen LogP contribution >= 0.6 is 27.5 Å². The van der Waals surface area contributed by atoms with Crippen molar-refractivity contribution in [2.24, 2.45) is 0 Å². The smallest absolute Gasteiger partial charge is 0.0639 e. The maximum Gasteiger partial charge on any atom is 0.0639 e. The molecule has 0 spiro atoms. The minimum absolute atomic E-state index is 0.869. The number of hydrogen-bond acceptors (Lipinski definition) is 2. The second-order valence-electron chi connectivity index (χ2n) is 5.03. The molecular weight excluding hydrogens is 324 g/mol. The summed E-state index contributed by atoms with van der Waals surface area (Å²) >= 11 is 9.74. The molecule has 1 heterocycles. The van der Waals surface area contributed by atoms with Crippen molar-refractivity contribution in [3.63, 3.8) is 0 Å². The molecule has 0 atom stereocenters. The molecule has 19 heavy (non-hydrogen) atoms.